The van der Waals surface area contributed by atoms with Gasteiger partial charge >= 0.3 is 5.97 Å². The number of ether oxygens (including phenoxy) is 1. The highest BCUT2D eigenvalue weighted by atomic mass is 32.2. The van der Waals surface area contributed by atoms with Crippen molar-refractivity contribution in [2.75, 3.05) is 24.7 Å². The molecule has 20 heavy (non-hydrogen) atoms. The van der Waals surface area contributed by atoms with Crippen LogP contribution in [0.1, 0.15) is 39.5 Å². The normalized spacial score (nSPS) is 20.6. The van der Waals surface area contributed by atoms with Crippen LogP contribution in [0.5, 0.6) is 0 Å². The first-order valence-corrected chi connectivity index (χ1v) is 8.51. The van der Waals surface area contributed by atoms with Gasteiger partial charge in [0.05, 0.1) is 12.4 Å². The molecule has 0 saturated carbocycles. The van der Waals surface area contributed by atoms with E-state index in [4.69, 9.17) is 10.5 Å². The van der Waals surface area contributed by atoms with Crippen LogP contribution in [0.4, 0.5) is 0 Å². The van der Waals surface area contributed by atoms with Crippen LogP contribution in [0.2, 0.25) is 0 Å². The average Bonchev–Trinajstić information content (AvgIpc) is 2.43. The van der Waals surface area contributed by atoms with Gasteiger partial charge in [0, 0.05) is 12.6 Å². The summed E-state index contributed by atoms with van der Waals surface area (Å²) in [4.78, 5) is 25.4. The minimum Gasteiger partial charge on any atom is -0.465 e. The van der Waals surface area contributed by atoms with Crippen molar-refractivity contribution in [3.63, 3.8) is 0 Å². The number of hydrogen-bond acceptors (Lipinski definition) is 5. The summed E-state index contributed by atoms with van der Waals surface area (Å²) in [5.41, 5.74) is 5.70. The lowest BCUT2D eigenvalue weighted by Gasteiger charge is -2.33. The summed E-state index contributed by atoms with van der Waals surface area (Å²) in [6, 6.07) is -0.217. The van der Waals surface area contributed by atoms with Crippen molar-refractivity contribution in [2.24, 2.45) is 5.73 Å². The van der Waals surface area contributed by atoms with Crippen molar-refractivity contribution in [1.82, 2.24) is 4.90 Å². The van der Waals surface area contributed by atoms with Crippen LogP contribution in [0.3, 0.4) is 0 Å². The Kier molecular flexibility index (Phi) is 7.99. The Morgan fingerprint density at radius 2 is 2.20 bits per heavy atom. The van der Waals surface area contributed by atoms with Crippen LogP contribution in [-0.2, 0) is 14.3 Å². The van der Waals surface area contributed by atoms with Gasteiger partial charge in [0.2, 0.25) is 5.91 Å². The number of rotatable bonds is 7. The van der Waals surface area contributed by atoms with Gasteiger partial charge < -0.3 is 15.4 Å². The van der Waals surface area contributed by atoms with Gasteiger partial charge in [0.25, 0.3) is 0 Å². The third kappa shape index (κ3) is 5.71. The molecule has 2 N–H and O–H groups in total. The van der Waals surface area contributed by atoms with Crippen molar-refractivity contribution in [2.45, 2.75) is 51.6 Å². The molecule has 0 aromatic carbocycles. The molecule has 1 aliphatic heterocycles. The smallest absolute Gasteiger partial charge is 0.322 e. The number of carbonyl (C=O) groups is 2. The number of amides is 1. The number of esters is 1. The predicted molar refractivity (Wildman–Crippen MR) is 81.6 cm³/mol. The summed E-state index contributed by atoms with van der Waals surface area (Å²) in [6.45, 7) is 5.10. The number of nitrogens with zero attached hydrogens (tertiary/aromatic N) is 1. The molecule has 1 amide bonds. The molecule has 1 saturated heterocycles. The molecule has 116 valence electrons. The largest absolute Gasteiger partial charge is 0.465 e. The minimum atomic E-state index is -0.577. The van der Waals surface area contributed by atoms with E-state index in [1.165, 1.54) is 6.42 Å². The van der Waals surface area contributed by atoms with E-state index in [0.29, 0.717) is 30.6 Å². The van der Waals surface area contributed by atoms with E-state index in [1.54, 1.807) is 18.7 Å². The summed E-state index contributed by atoms with van der Waals surface area (Å²) in [5, 5.41) is 0. The Balaban J connectivity index is 2.17. The summed E-state index contributed by atoms with van der Waals surface area (Å²) in [7, 11) is 0. The fourth-order valence-electron chi connectivity index (χ4n) is 2.29. The van der Waals surface area contributed by atoms with Crippen LogP contribution in [0.25, 0.3) is 0 Å². The summed E-state index contributed by atoms with van der Waals surface area (Å²) >= 11 is 1.54. The fraction of sp³-hybridized carbons (Fsp3) is 0.857. The van der Waals surface area contributed by atoms with Crippen LogP contribution >= 0.6 is 11.8 Å². The monoisotopic (exact) mass is 302 g/mol. The highest BCUT2D eigenvalue weighted by molar-refractivity contribution is 7.99. The van der Waals surface area contributed by atoms with Gasteiger partial charge in [-0.05, 0) is 45.3 Å². The van der Waals surface area contributed by atoms with Gasteiger partial charge in [-0.25, -0.2) is 0 Å². The van der Waals surface area contributed by atoms with Crippen molar-refractivity contribution >= 4 is 23.6 Å². The quantitative estimate of drug-likeness (QED) is 0.568. The second-order valence-corrected chi connectivity index (χ2v) is 6.24. The maximum Gasteiger partial charge on any atom is 0.322 e. The van der Waals surface area contributed by atoms with Crippen molar-refractivity contribution < 1.29 is 14.3 Å². The molecule has 0 aliphatic carbocycles. The third-order valence-electron chi connectivity index (χ3n) is 3.51. The van der Waals surface area contributed by atoms with Crippen molar-refractivity contribution in [3.05, 3.63) is 0 Å². The fourth-order valence-corrected chi connectivity index (χ4v) is 3.19. The number of likely N-dealkylation sites (tertiary alicyclic amines) is 1. The lowest BCUT2D eigenvalue weighted by molar-refractivity contribution is -0.144. The van der Waals surface area contributed by atoms with Crippen LogP contribution in [0, 0.1) is 0 Å². The molecule has 0 aromatic heterocycles. The Labute approximate surface area is 125 Å². The van der Waals surface area contributed by atoms with E-state index < -0.39 is 6.04 Å². The first kappa shape index (κ1) is 17.3. The molecule has 0 radical (unpaired) electrons. The topological polar surface area (TPSA) is 72.6 Å². The maximum atomic E-state index is 12.1. The first-order valence-electron chi connectivity index (χ1n) is 7.35. The third-order valence-corrected chi connectivity index (χ3v) is 4.49. The van der Waals surface area contributed by atoms with Crippen molar-refractivity contribution in [3.8, 4) is 0 Å². The van der Waals surface area contributed by atoms with Gasteiger partial charge in [0.1, 0.15) is 6.04 Å². The van der Waals surface area contributed by atoms with E-state index in [-0.39, 0.29) is 11.9 Å². The highest BCUT2D eigenvalue weighted by Crippen LogP contribution is 2.18. The lowest BCUT2D eigenvalue weighted by atomic mass is 10.0. The zero-order valence-electron chi connectivity index (χ0n) is 12.5. The van der Waals surface area contributed by atoms with E-state index in [9.17, 15) is 9.59 Å². The number of hydrogen-bond donors (Lipinski definition) is 1. The Bertz CT molecular complexity index is 326. The number of thioether (sulfide) groups is 1. The standard InChI is InChI=1S/C14H26N2O3S/c1-3-19-14(18)12(15)7-9-20-10-13(17)16-8-5-4-6-11(16)2/h11-12H,3-10,15H2,1-2H3. The van der Waals surface area contributed by atoms with E-state index in [2.05, 4.69) is 6.92 Å². The molecule has 1 rings (SSSR count). The first-order chi connectivity index (χ1) is 9.56. The number of piperidine rings is 1. The zero-order valence-corrected chi connectivity index (χ0v) is 13.3. The van der Waals surface area contributed by atoms with Crippen LogP contribution in [-0.4, -0.2) is 53.5 Å². The van der Waals surface area contributed by atoms with Gasteiger partial charge in [-0.1, -0.05) is 0 Å². The number of nitrogens with two attached hydrogens (primary N) is 1. The van der Waals surface area contributed by atoms with Crippen molar-refractivity contribution in [1.29, 1.82) is 0 Å². The molecular weight excluding hydrogens is 276 g/mol. The molecule has 0 aromatic rings. The van der Waals surface area contributed by atoms with E-state index >= 15 is 0 Å². The molecule has 6 heteroatoms. The Hall–Kier alpha value is -0.750. The summed E-state index contributed by atoms with van der Waals surface area (Å²) in [5.74, 6) is 1.02. The Morgan fingerprint density at radius 3 is 2.85 bits per heavy atom. The van der Waals surface area contributed by atoms with Gasteiger partial charge in [-0.2, -0.15) is 11.8 Å². The van der Waals surface area contributed by atoms with Crippen LogP contribution < -0.4 is 5.73 Å². The highest BCUT2D eigenvalue weighted by Gasteiger charge is 2.22. The molecule has 1 heterocycles. The van der Waals surface area contributed by atoms with Gasteiger partial charge in [0.15, 0.2) is 0 Å². The predicted octanol–water partition coefficient (Wildman–Crippen LogP) is 1.40. The number of carbonyl (C=O) groups excluding carboxylic acids is 2. The zero-order chi connectivity index (χ0) is 15.0. The lowest BCUT2D eigenvalue weighted by Crippen LogP contribution is -2.43. The van der Waals surface area contributed by atoms with Gasteiger partial charge in [-0.15, -0.1) is 0 Å². The second kappa shape index (κ2) is 9.23. The van der Waals surface area contributed by atoms with E-state index in [1.807, 2.05) is 4.90 Å². The molecule has 2 atom stereocenters. The molecule has 0 spiro atoms. The Morgan fingerprint density at radius 1 is 1.45 bits per heavy atom. The molecule has 1 aliphatic rings. The molecule has 5 nitrogen and oxygen atoms in total. The second-order valence-electron chi connectivity index (χ2n) is 5.13. The van der Waals surface area contributed by atoms with Gasteiger partial charge in [-0.3, -0.25) is 9.59 Å². The van der Waals surface area contributed by atoms with Crippen LogP contribution in [0.15, 0.2) is 0 Å². The molecular formula is C14H26N2O3S. The maximum absolute atomic E-state index is 12.1. The average molecular weight is 302 g/mol. The molecule has 1 fully saturated rings. The summed E-state index contributed by atoms with van der Waals surface area (Å²) in [6.07, 6.45) is 3.97. The SMILES string of the molecule is CCOC(=O)C(N)CCSCC(=O)N1CCCCC1C. The van der Waals surface area contributed by atoms with E-state index in [0.717, 1.165) is 19.4 Å². The molecule has 2 unspecified atom stereocenters. The summed E-state index contributed by atoms with van der Waals surface area (Å²) < 4.78 is 4.84. The molecule has 0 bridgehead atoms. The minimum absolute atomic E-state index is 0.201.